The fraction of sp³-hybridized carbons (Fsp3) is 0.304. The van der Waals surface area contributed by atoms with Crippen molar-refractivity contribution in [1.82, 2.24) is 29.7 Å². The SMILES string of the molecule is CCCCc1nc(O)c(-c2nnc(Cc3ccc(Cl)cn3)o2)c(=O)n1C(C)c1ccncc1. The Balaban J connectivity index is 1.75. The van der Waals surface area contributed by atoms with Gasteiger partial charge in [-0.2, -0.15) is 4.98 Å². The summed E-state index contributed by atoms with van der Waals surface area (Å²) in [6, 6.07) is 6.82. The monoisotopic (exact) mass is 466 g/mol. The first-order valence-corrected chi connectivity index (χ1v) is 11.0. The lowest BCUT2D eigenvalue weighted by molar-refractivity contribution is 0.431. The van der Waals surface area contributed by atoms with Gasteiger partial charge in [0.05, 0.1) is 17.5 Å². The highest BCUT2D eigenvalue weighted by atomic mass is 35.5. The van der Waals surface area contributed by atoms with Crippen molar-refractivity contribution in [3.8, 4) is 17.3 Å². The van der Waals surface area contributed by atoms with Gasteiger partial charge in [0.15, 0.2) is 5.56 Å². The highest BCUT2D eigenvalue weighted by Crippen LogP contribution is 2.27. The largest absolute Gasteiger partial charge is 0.493 e. The lowest BCUT2D eigenvalue weighted by Gasteiger charge is -2.20. The van der Waals surface area contributed by atoms with E-state index in [1.807, 2.05) is 19.1 Å². The number of nitrogens with zero attached hydrogens (tertiary/aromatic N) is 6. The molecule has 0 spiro atoms. The molecule has 0 amide bonds. The van der Waals surface area contributed by atoms with Gasteiger partial charge in [0.25, 0.3) is 11.4 Å². The normalized spacial score (nSPS) is 12.1. The van der Waals surface area contributed by atoms with Crippen molar-refractivity contribution < 1.29 is 9.52 Å². The topological polar surface area (TPSA) is 120 Å². The maximum Gasteiger partial charge on any atom is 0.270 e. The van der Waals surface area contributed by atoms with Crippen molar-refractivity contribution >= 4 is 11.6 Å². The second kappa shape index (κ2) is 9.91. The van der Waals surface area contributed by atoms with E-state index in [-0.39, 0.29) is 29.8 Å². The summed E-state index contributed by atoms with van der Waals surface area (Å²) in [5.41, 5.74) is 0.996. The van der Waals surface area contributed by atoms with Gasteiger partial charge in [-0.1, -0.05) is 24.9 Å². The van der Waals surface area contributed by atoms with Gasteiger partial charge >= 0.3 is 0 Å². The van der Waals surface area contributed by atoms with E-state index < -0.39 is 11.4 Å². The van der Waals surface area contributed by atoms with Crippen LogP contribution in [0.25, 0.3) is 11.5 Å². The molecule has 9 nitrogen and oxygen atoms in total. The Hall–Kier alpha value is -3.59. The van der Waals surface area contributed by atoms with Gasteiger partial charge < -0.3 is 9.52 Å². The van der Waals surface area contributed by atoms with Crippen molar-refractivity contribution in [2.45, 2.75) is 45.6 Å². The van der Waals surface area contributed by atoms with Crippen LogP contribution in [-0.4, -0.2) is 34.8 Å². The molecule has 0 aliphatic carbocycles. The third kappa shape index (κ3) is 4.93. The molecule has 1 atom stereocenters. The molecule has 0 saturated heterocycles. The number of rotatable bonds is 8. The van der Waals surface area contributed by atoms with Crippen molar-refractivity contribution in [2.75, 3.05) is 0 Å². The van der Waals surface area contributed by atoms with Crippen LogP contribution in [0.2, 0.25) is 5.02 Å². The number of aromatic nitrogens is 6. The number of halogens is 1. The molecular weight excluding hydrogens is 444 g/mol. The summed E-state index contributed by atoms with van der Waals surface area (Å²) in [5, 5.41) is 19.2. The van der Waals surface area contributed by atoms with Crippen LogP contribution < -0.4 is 5.56 Å². The van der Waals surface area contributed by atoms with Gasteiger partial charge in [0.1, 0.15) is 5.82 Å². The van der Waals surface area contributed by atoms with E-state index in [1.165, 1.54) is 6.20 Å². The summed E-state index contributed by atoms with van der Waals surface area (Å²) in [7, 11) is 0. The minimum atomic E-state index is -0.447. The van der Waals surface area contributed by atoms with Gasteiger partial charge in [-0.05, 0) is 43.2 Å². The molecular formula is C23H23ClN6O3. The van der Waals surface area contributed by atoms with E-state index in [9.17, 15) is 9.90 Å². The third-order valence-electron chi connectivity index (χ3n) is 5.30. The summed E-state index contributed by atoms with van der Waals surface area (Å²) in [5.74, 6) is 0.232. The minimum Gasteiger partial charge on any atom is -0.493 e. The van der Waals surface area contributed by atoms with Gasteiger partial charge in [0.2, 0.25) is 11.8 Å². The number of aryl methyl sites for hydroxylation is 1. The second-order valence-corrected chi connectivity index (χ2v) is 8.04. The zero-order valence-electron chi connectivity index (χ0n) is 18.3. The van der Waals surface area contributed by atoms with Crippen molar-refractivity contribution in [3.63, 3.8) is 0 Å². The van der Waals surface area contributed by atoms with Crippen LogP contribution in [0.15, 0.2) is 52.1 Å². The lowest BCUT2D eigenvalue weighted by Crippen LogP contribution is -2.30. The van der Waals surface area contributed by atoms with Crippen LogP contribution in [-0.2, 0) is 12.8 Å². The molecule has 0 aromatic carbocycles. The zero-order valence-corrected chi connectivity index (χ0v) is 19.0. The number of hydrogen-bond acceptors (Lipinski definition) is 8. The van der Waals surface area contributed by atoms with Crippen molar-refractivity contribution in [1.29, 1.82) is 0 Å². The first-order chi connectivity index (χ1) is 16.0. The van der Waals surface area contributed by atoms with Gasteiger partial charge in [0, 0.05) is 30.7 Å². The van der Waals surface area contributed by atoms with Gasteiger partial charge in [-0.15, -0.1) is 10.2 Å². The average molecular weight is 467 g/mol. The molecule has 0 bridgehead atoms. The Morgan fingerprint density at radius 1 is 1.18 bits per heavy atom. The van der Waals surface area contributed by atoms with E-state index in [0.29, 0.717) is 23.0 Å². The van der Waals surface area contributed by atoms with E-state index in [2.05, 4.69) is 32.1 Å². The Kier molecular flexibility index (Phi) is 6.79. The molecule has 4 rings (SSSR count). The second-order valence-electron chi connectivity index (χ2n) is 7.61. The minimum absolute atomic E-state index is 0.0910. The molecule has 1 N–H and O–H groups in total. The molecule has 0 fully saturated rings. The number of aromatic hydroxyl groups is 1. The van der Waals surface area contributed by atoms with E-state index >= 15 is 0 Å². The average Bonchev–Trinajstić information content (AvgIpc) is 3.27. The molecule has 170 valence electrons. The van der Waals surface area contributed by atoms with Crippen LogP contribution in [0.3, 0.4) is 0 Å². The molecule has 4 aromatic rings. The fourth-order valence-electron chi connectivity index (χ4n) is 3.55. The molecule has 0 radical (unpaired) electrons. The van der Waals surface area contributed by atoms with Crippen LogP contribution >= 0.6 is 11.6 Å². The van der Waals surface area contributed by atoms with E-state index in [1.54, 1.807) is 29.1 Å². The van der Waals surface area contributed by atoms with Crippen molar-refractivity contribution in [2.24, 2.45) is 0 Å². The number of unbranched alkanes of at least 4 members (excludes halogenated alkanes) is 1. The highest BCUT2D eigenvalue weighted by Gasteiger charge is 2.25. The molecule has 0 aliphatic heterocycles. The smallest absolute Gasteiger partial charge is 0.270 e. The Morgan fingerprint density at radius 2 is 1.97 bits per heavy atom. The predicted octanol–water partition coefficient (Wildman–Crippen LogP) is 3.99. The molecule has 0 saturated carbocycles. The molecule has 4 aromatic heterocycles. The Morgan fingerprint density at radius 3 is 2.67 bits per heavy atom. The Labute approximate surface area is 195 Å². The highest BCUT2D eigenvalue weighted by molar-refractivity contribution is 6.30. The molecule has 4 heterocycles. The first kappa shape index (κ1) is 22.6. The number of pyridine rings is 2. The first-order valence-electron chi connectivity index (χ1n) is 10.7. The van der Waals surface area contributed by atoms with Gasteiger partial charge in [-0.3, -0.25) is 19.3 Å². The number of hydrogen-bond donors (Lipinski definition) is 1. The summed E-state index contributed by atoms with van der Waals surface area (Å²) in [4.78, 5) is 26.2. The third-order valence-corrected chi connectivity index (χ3v) is 5.52. The zero-order chi connectivity index (χ0) is 23.4. The lowest BCUT2D eigenvalue weighted by atomic mass is 10.1. The summed E-state index contributed by atoms with van der Waals surface area (Å²) >= 11 is 5.87. The Bertz CT molecular complexity index is 1290. The summed E-state index contributed by atoms with van der Waals surface area (Å²) in [6.07, 6.45) is 7.43. The van der Waals surface area contributed by atoms with Gasteiger partial charge in [-0.25, -0.2) is 0 Å². The standard InChI is InChI=1S/C23H23ClN6O3/c1-3-4-5-18-27-21(31)20(23(32)30(18)14(2)15-8-10-25-11-9-15)22-29-28-19(33-22)12-17-7-6-16(24)13-26-17/h6-11,13-14,31H,3-5,12H2,1-2H3. The molecule has 10 heteroatoms. The van der Waals surface area contributed by atoms with Crippen LogP contribution in [0.5, 0.6) is 5.88 Å². The molecule has 1 unspecified atom stereocenters. The summed E-state index contributed by atoms with van der Waals surface area (Å²) < 4.78 is 7.28. The van der Waals surface area contributed by atoms with Crippen molar-refractivity contribution in [3.05, 3.63) is 81.2 Å². The van der Waals surface area contributed by atoms with E-state index in [4.69, 9.17) is 16.0 Å². The molecule has 0 aliphatic rings. The van der Waals surface area contributed by atoms with Crippen LogP contribution in [0.4, 0.5) is 0 Å². The maximum atomic E-state index is 13.6. The summed E-state index contributed by atoms with van der Waals surface area (Å²) in [6.45, 7) is 3.96. The predicted molar refractivity (Wildman–Crippen MR) is 122 cm³/mol. The quantitative estimate of drug-likeness (QED) is 0.414. The fourth-order valence-corrected chi connectivity index (χ4v) is 3.66. The van der Waals surface area contributed by atoms with Crippen LogP contribution in [0.1, 0.15) is 55.7 Å². The van der Waals surface area contributed by atoms with E-state index in [0.717, 1.165) is 18.4 Å². The molecule has 33 heavy (non-hydrogen) atoms. The van der Waals surface area contributed by atoms with Crippen LogP contribution in [0, 0.1) is 0 Å². The maximum absolute atomic E-state index is 13.6.